The molecule has 1 unspecified atom stereocenters. The highest BCUT2D eigenvalue weighted by molar-refractivity contribution is 4.98. The maximum Gasteiger partial charge on any atom is 0.0739 e. The van der Waals surface area contributed by atoms with Gasteiger partial charge in [0.25, 0.3) is 0 Å². The van der Waals surface area contributed by atoms with Gasteiger partial charge in [-0.05, 0) is 31.6 Å². The molecule has 0 amide bonds. The van der Waals surface area contributed by atoms with Crippen LogP contribution in [0.2, 0.25) is 0 Å². The van der Waals surface area contributed by atoms with E-state index >= 15 is 0 Å². The van der Waals surface area contributed by atoms with Crippen molar-refractivity contribution in [2.75, 3.05) is 19.8 Å². The smallest absolute Gasteiger partial charge is 0.0739 e. The summed E-state index contributed by atoms with van der Waals surface area (Å²) in [5.41, 5.74) is 0.398. The fourth-order valence-electron chi connectivity index (χ4n) is 2.22. The van der Waals surface area contributed by atoms with Gasteiger partial charge in [-0.3, -0.25) is 0 Å². The average Bonchev–Trinajstić information content (AvgIpc) is 2.88. The van der Waals surface area contributed by atoms with E-state index in [0.29, 0.717) is 11.3 Å². The first-order chi connectivity index (χ1) is 5.87. The number of ether oxygens (including phenoxy) is 1. The Bertz CT molecular complexity index is 151. The molecule has 1 saturated carbocycles. The summed E-state index contributed by atoms with van der Waals surface area (Å²) >= 11 is 0. The van der Waals surface area contributed by atoms with Crippen molar-refractivity contribution in [1.82, 2.24) is 0 Å². The number of hydrogen-bond donors (Lipinski definition) is 1. The van der Waals surface area contributed by atoms with Crippen molar-refractivity contribution >= 4 is 0 Å². The lowest BCUT2D eigenvalue weighted by Gasteiger charge is -2.29. The van der Waals surface area contributed by atoms with Crippen LogP contribution in [0.4, 0.5) is 0 Å². The SMILES string of the molecule is NOCC1(C2CCCOC2)CC1. The zero-order valence-electron chi connectivity index (χ0n) is 7.42. The molecule has 0 spiro atoms. The molecule has 0 aromatic carbocycles. The molecule has 3 heteroatoms. The van der Waals surface area contributed by atoms with Crippen LogP contribution in [0.3, 0.4) is 0 Å². The van der Waals surface area contributed by atoms with E-state index in [1.165, 1.54) is 25.7 Å². The summed E-state index contributed by atoms with van der Waals surface area (Å²) in [6, 6.07) is 0. The van der Waals surface area contributed by atoms with Gasteiger partial charge in [-0.1, -0.05) is 0 Å². The first-order valence-corrected chi connectivity index (χ1v) is 4.77. The third-order valence-electron chi connectivity index (χ3n) is 3.29. The highest BCUT2D eigenvalue weighted by Gasteiger charge is 2.49. The number of hydrogen-bond acceptors (Lipinski definition) is 3. The largest absolute Gasteiger partial charge is 0.381 e. The molecule has 2 rings (SSSR count). The van der Waals surface area contributed by atoms with E-state index in [1.54, 1.807) is 0 Å². The van der Waals surface area contributed by atoms with Gasteiger partial charge in [-0.2, -0.15) is 0 Å². The van der Waals surface area contributed by atoms with E-state index in [1.807, 2.05) is 0 Å². The van der Waals surface area contributed by atoms with Crippen LogP contribution in [-0.4, -0.2) is 19.8 Å². The Morgan fingerprint density at radius 1 is 1.50 bits per heavy atom. The van der Waals surface area contributed by atoms with E-state index in [4.69, 9.17) is 15.5 Å². The monoisotopic (exact) mass is 171 g/mol. The van der Waals surface area contributed by atoms with Crippen LogP contribution in [0.15, 0.2) is 0 Å². The van der Waals surface area contributed by atoms with Gasteiger partial charge < -0.3 is 9.57 Å². The minimum atomic E-state index is 0.398. The molecule has 0 aromatic rings. The quantitative estimate of drug-likeness (QED) is 0.646. The Kier molecular flexibility index (Phi) is 2.35. The van der Waals surface area contributed by atoms with Crippen molar-refractivity contribution in [3.8, 4) is 0 Å². The zero-order chi connectivity index (χ0) is 8.44. The van der Waals surface area contributed by atoms with Crippen molar-refractivity contribution in [3.63, 3.8) is 0 Å². The molecule has 12 heavy (non-hydrogen) atoms. The van der Waals surface area contributed by atoms with Crippen LogP contribution in [-0.2, 0) is 9.57 Å². The first kappa shape index (κ1) is 8.48. The number of rotatable bonds is 3. The van der Waals surface area contributed by atoms with E-state index in [-0.39, 0.29) is 0 Å². The maximum absolute atomic E-state index is 5.46. The van der Waals surface area contributed by atoms with Crippen LogP contribution >= 0.6 is 0 Å². The molecule has 1 aliphatic carbocycles. The Morgan fingerprint density at radius 2 is 2.33 bits per heavy atom. The molecule has 1 saturated heterocycles. The minimum absolute atomic E-state index is 0.398. The molecule has 1 heterocycles. The molecule has 70 valence electrons. The summed E-state index contributed by atoms with van der Waals surface area (Å²) in [6.07, 6.45) is 5.05. The van der Waals surface area contributed by atoms with Crippen LogP contribution in [0, 0.1) is 11.3 Å². The van der Waals surface area contributed by atoms with Crippen molar-refractivity contribution < 1.29 is 9.57 Å². The molecular weight excluding hydrogens is 154 g/mol. The van der Waals surface area contributed by atoms with Gasteiger partial charge >= 0.3 is 0 Å². The third kappa shape index (κ3) is 1.49. The lowest BCUT2D eigenvalue weighted by molar-refractivity contribution is -0.0104. The predicted molar refractivity (Wildman–Crippen MR) is 45.3 cm³/mol. The second-order valence-corrected chi connectivity index (χ2v) is 4.09. The van der Waals surface area contributed by atoms with Gasteiger partial charge in [-0.15, -0.1) is 0 Å². The second-order valence-electron chi connectivity index (χ2n) is 4.09. The summed E-state index contributed by atoms with van der Waals surface area (Å²) < 4.78 is 5.46. The summed E-state index contributed by atoms with van der Waals surface area (Å²) in [4.78, 5) is 4.77. The summed E-state index contributed by atoms with van der Waals surface area (Å²) in [5, 5.41) is 0. The Labute approximate surface area is 73.2 Å². The predicted octanol–water partition coefficient (Wildman–Crippen LogP) is 1.08. The van der Waals surface area contributed by atoms with Gasteiger partial charge in [0, 0.05) is 18.6 Å². The van der Waals surface area contributed by atoms with Gasteiger partial charge in [-0.25, -0.2) is 5.90 Å². The average molecular weight is 171 g/mol. The molecule has 2 N–H and O–H groups in total. The van der Waals surface area contributed by atoms with E-state index < -0.39 is 0 Å². The molecule has 3 nitrogen and oxygen atoms in total. The van der Waals surface area contributed by atoms with Crippen LogP contribution in [0.1, 0.15) is 25.7 Å². The van der Waals surface area contributed by atoms with Gasteiger partial charge in [0.1, 0.15) is 0 Å². The molecule has 0 aromatic heterocycles. The topological polar surface area (TPSA) is 44.5 Å². The second kappa shape index (κ2) is 3.32. The van der Waals surface area contributed by atoms with Crippen molar-refractivity contribution in [2.45, 2.75) is 25.7 Å². The lowest BCUT2D eigenvalue weighted by atomic mass is 9.85. The lowest BCUT2D eigenvalue weighted by Crippen LogP contribution is -2.30. The first-order valence-electron chi connectivity index (χ1n) is 4.77. The van der Waals surface area contributed by atoms with Crippen LogP contribution < -0.4 is 5.90 Å². The molecule has 1 aliphatic heterocycles. The van der Waals surface area contributed by atoms with Crippen molar-refractivity contribution in [1.29, 1.82) is 0 Å². The van der Waals surface area contributed by atoms with Gasteiger partial charge in [0.2, 0.25) is 0 Å². The number of nitrogens with two attached hydrogens (primary N) is 1. The Balaban J connectivity index is 1.88. The molecule has 2 fully saturated rings. The molecule has 2 aliphatic rings. The Morgan fingerprint density at radius 3 is 2.83 bits per heavy atom. The highest BCUT2D eigenvalue weighted by atomic mass is 16.6. The molecule has 0 bridgehead atoms. The van der Waals surface area contributed by atoms with Crippen molar-refractivity contribution in [2.24, 2.45) is 17.2 Å². The molecule has 1 atom stereocenters. The fraction of sp³-hybridized carbons (Fsp3) is 1.00. The summed E-state index contributed by atoms with van der Waals surface area (Å²) in [5.74, 6) is 5.82. The summed E-state index contributed by atoms with van der Waals surface area (Å²) in [6.45, 7) is 2.58. The van der Waals surface area contributed by atoms with Crippen LogP contribution in [0.25, 0.3) is 0 Å². The third-order valence-corrected chi connectivity index (χ3v) is 3.29. The van der Waals surface area contributed by atoms with Gasteiger partial charge in [0.15, 0.2) is 0 Å². The highest BCUT2D eigenvalue weighted by Crippen LogP contribution is 2.54. The van der Waals surface area contributed by atoms with E-state index in [9.17, 15) is 0 Å². The van der Waals surface area contributed by atoms with Crippen LogP contribution in [0.5, 0.6) is 0 Å². The van der Waals surface area contributed by atoms with Gasteiger partial charge in [0.05, 0.1) is 6.61 Å². The Hall–Kier alpha value is -0.120. The minimum Gasteiger partial charge on any atom is -0.381 e. The standard InChI is InChI=1S/C9H17NO2/c10-12-7-9(3-4-9)8-2-1-5-11-6-8/h8H,1-7,10H2. The van der Waals surface area contributed by atoms with E-state index in [2.05, 4.69) is 0 Å². The molecular formula is C9H17NO2. The normalized spacial score (nSPS) is 33.2. The summed E-state index contributed by atoms with van der Waals surface area (Å²) in [7, 11) is 0. The van der Waals surface area contributed by atoms with Crippen molar-refractivity contribution in [3.05, 3.63) is 0 Å². The fourth-order valence-corrected chi connectivity index (χ4v) is 2.22. The maximum atomic E-state index is 5.46. The van der Waals surface area contributed by atoms with E-state index in [0.717, 1.165) is 19.8 Å². The zero-order valence-corrected chi connectivity index (χ0v) is 7.42. The molecule has 0 radical (unpaired) electrons.